The Morgan fingerprint density at radius 3 is 2.71 bits per heavy atom. The van der Waals surface area contributed by atoms with Gasteiger partial charge in [0.1, 0.15) is 12.4 Å². The molecule has 0 aliphatic rings. The maximum Gasteiger partial charge on any atom is 0.271 e. The van der Waals surface area contributed by atoms with Gasteiger partial charge in [0.25, 0.3) is 5.91 Å². The predicted molar refractivity (Wildman–Crippen MR) is 108 cm³/mol. The van der Waals surface area contributed by atoms with E-state index in [-0.39, 0.29) is 5.91 Å². The fraction of sp³-hybridized carbons (Fsp3) is 0.0870. The summed E-state index contributed by atoms with van der Waals surface area (Å²) < 4.78 is 5.79. The van der Waals surface area contributed by atoms with Crippen molar-refractivity contribution in [3.8, 4) is 11.8 Å². The van der Waals surface area contributed by atoms with Crippen LogP contribution in [0.4, 0.5) is 0 Å². The summed E-state index contributed by atoms with van der Waals surface area (Å²) in [5.74, 6) is 0.400. The largest absolute Gasteiger partial charge is 0.489 e. The Hall–Kier alpha value is -3.91. The van der Waals surface area contributed by atoms with Crippen LogP contribution in [-0.4, -0.2) is 12.1 Å². The molecule has 3 aromatic carbocycles. The van der Waals surface area contributed by atoms with Gasteiger partial charge in [0, 0.05) is 11.1 Å². The minimum atomic E-state index is -0.255. The average Bonchev–Trinajstić information content (AvgIpc) is 2.73. The minimum absolute atomic E-state index is 0.255. The summed E-state index contributed by atoms with van der Waals surface area (Å²) in [4.78, 5) is 12.2. The molecule has 0 radical (unpaired) electrons. The maximum atomic E-state index is 12.2. The van der Waals surface area contributed by atoms with Gasteiger partial charge >= 0.3 is 0 Å². The third kappa shape index (κ3) is 4.83. The van der Waals surface area contributed by atoms with E-state index in [4.69, 9.17) is 10.00 Å². The molecule has 0 unspecified atom stereocenters. The SMILES string of the molecule is Cc1ccccc1C(=O)N/N=C/c1cccc(OCc2ccccc2C#N)c1. The number of nitriles is 1. The molecule has 0 aliphatic heterocycles. The second kappa shape index (κ2) is 9.15. The molecule has 0 saturated heterocycles. The van der Waals surface area contributed by atoms with Crippen LogP contribution in [0.2, 0.25) is 0 Å². The van der Waals surface area contributed by atoms with Crippen LogP contribution in [0.3, 0.4) is 0 Å². The number of rotatable bonds is 6. The number of nitrogens with zero attached hydrogens (tertiary/aromatic N) is 2. The number of aryl methyl sites for hydroxylation is 1. The second-order valence-electron chi connectivity index (χ2n) is 6.14. The van der Waals surface area contributed by atoms with Crippen LogP contribution in [0, 0.1) is 18.3 Å². The summed E-state index contributed by atoms with van der Waals surface area (Å²) in [6, 6.07) is 24.2. The molecule has 0 heterocycles. The van der Waals surface area contributed by atoms with Crippen molar-refractivity contribution < 1.29 is 9.53 Å². The molecule has 138 valence electrons. The van der Waals surface area contributed by atoms with Crippen molar-refractivity contribution in [1.29, 1.82) is 5.26 Å². The van der Waals surface area contributed by atoms with Crippen LogP contribution < -0.4 is 10.2 Å². The summed E-state index contributed by atoms with van der Waals surface area (Å²) in [5.41, 5.74) is 6.23. The summed E-state index contributed by atoms with van der Waals surface area (Å²) in [6.07, 6.45) is 1.56. The number of carbonyl (C=O) groups excluding carboxylic acids is 1. The number of hydrazone groups is 1. The highest BCUT2D eigenvalue weighted by Gasteiger charge is 2.06. The molecule has 1 N–H and O–H groups in total. The van der Waals surface area contributed by atoms with Crippen LogP contribution in [0.1, 0.15) is 32.6 Å². The Labute approximate surface area is 163 Å². The third-order valence-corrected chi connectivity index (χ3v) is 4.16. The molecule has 0 saturated carbocycles. The Morgan fingerprint density at radius 1 is 1.11 bits per heavy atom. The van der Waals surface area contributed by atoms with Gasteiger partial charge in [0.2, 0.25) is 0 Å². The summed E-state index contributed by atoms with van der Waals surface area (Å²) in [6.45, 7) is 2.18. The van der Waals surface area contributed by atoms with Crippen LogP contribution in [0.5, 0.6) is 5.75 Å². The standard InChI is InChI=1S/C23H19N3O2/c1-17-7-2-5-12-22(17)23(27)26-25-15-18-8-6-11-21(13-18)28-16-20-10-4-3-9-19(20)14-24/h2-13,15H,16H2,1H3,(H,26,27)/b25-15+. The molecule has 0 fully saturated rings. The lowest BCUT2D eigenvalue weighted by molar-refractivity contribution is 0.0954. The van der Waals surface area contributed by atoms with E-state index in [1.54, 1.807) is 18.3 Å². The lowest BCUT2D eigenvalue weighted by Gasteiger charge is -2.08. The van der Waals surface area contributed by atoms with Crippen molar-refractivity contribution in [1.82, 2.24) is 5.43 Å². The lowest BCUT2D eigenvalue weighted by Crippen LogP contribution is -2.18. The number of hydrogen-bond donors (Lipinski definition) is 1. The molecule has 0 aromatic heterocycles. The fourth-order valence-corrected chi connectivity index (χ4v) is 2.65. The molecule has 3 aromatic rings. The zero-order chi connectivity index (χ0) is 19.8. The van der Waals surface area contributed by atoms with E-state index in [0.29, 0.717) is 23.5 Å². The van der Waals surface area contributed by atoms with E-state index in [2.05, 4.69) is 16.6 Å². The topological polar surface area (TPSA) is 74.5 Å². The number of carbonyl (C=O) groups is 1. The van der Waals surface area contributed by atoms with Crippen molar-refractivity contribution >= 4 is 12.1 Å². The van der Waals surface area contributed by atoms with Crippen molar-refractivity contribution in [2.45, 2.75) is 13.5 Å². The molecule has 3 rings (SSSR count). The normalized spacial score (nSPS) is 10.4. The Morgan fingerprint density at radius 2 is 1.89 bits per heavy atom. The van der Waals surface area contributed by atoms with Gasteiger partial charge in [-0.2, -0.15) is 10.4 Å². The average molecular weight is 369 g/mol. The highest BCUT2D eigenvalue weighted by Crippen LogP contribution is 2.16. The molecular formula is C23H19N3O2. The molecule has 1 amide bonds. The van der Waals surface area contributed by atoms with E-state index >= 15 is 0 Å². The second-order valence-corrected chi connectivity index (χ2v) is 6.14. The first-order valence-electron chi connectivity index (χ1n) is 8.77. The molecule has 0 spiro atoms. The van der Waals surface area contributed by atoms with Crippen molar-refractivity contribution in [3.63, 3.8) is 0 Å². The monoisotopic (exact) mass is 369 g/mol. The highest BCUT2D eigenvalue weighted by atomic mass is 16.5. The zero-order valence-corrected chi connectivity index (χ0v) is 15.4. The van der Waals surface area contributed by atoms with Crippen molar-refractivity contribution in [3.05, 3.63) is 101 Å². The number of ether oxygens (including phenoxy) is 1. The fourth-order valence-electron chi connectivity index (χ4n) is 2.65. The van der Waals surface area contributed by atoms with E-state index in [0.717, 1.165) is 16.7 Å². The Kier molecular flexibility index (Phi) is 6.17. The van der Waals surface area contributed by atoms with E-state index in [1.807, 2.05) is 67.6 Å². The highest BCUT2D eigenvalue weighted by molar-refractivity contribution is 5.96. The zero-order valence-electron chi connectivity index (χ0n) is 15.4. The minimum Gasteiger partial charge on any atom is -0.489 e. The van der Waals surface area contributed by atoms with Gasteiger partial charge in [-0.25, -0.2) is 5.43 Å². The molecule has 0 atom stereocenters. The number of nitrogens with one attached hydrogen (secondary N) is 1. The van der Waals surface area contributed by atoms with Gasteiger partial charge in [-0.3, -0.25) is 4.79 Å². The van der Waals surface area contributed by atoms with Crippen LogP contribution in [0.15, 0.2) is 77.9 Å². The van der Waals surface area contributed by atoms with E-state index in [1.165, 1.54) is 0 Å². The molecule has 28 heavy (non-hydrogen) atoms. The molecule has 5 heteroatoms. The summed E-state index contributed by atoms with van der Waals surface area (Å²) >= 11 is 0. The van der Waals surface area contributed by atoms with Gasteiger partial charge in [-0.15, -0.1) is 0 Å². The number of benzene rings is 3. The van der Waals surface area contributed by atoms with Crippen molar-refractivity contribution in [2.24, 2.45) is 5.10 Å². The predicted octanol–water partition coefficient (Wildman–Crippen LogP) is 4.21. The molecule has 5 nitrogen and oxygen atoms in total. The van der Waals surface area contributed by atoms with Crippen LogP contribution >= 0.6 is 0 Å². The third-order valence-electron chi connectivity index (χ3n) is 4.16. The van der Waals surface area contributed by atoms with E-state index in [9.17, 15) is 4.79 Å². The van der Waals surface area contributed by atoms with Crippen LogP contribution in [-0.2, 0) is 6.61 Å². The van der Waals surface area contributed by atoms with E-state index < -0.39 is 0 Å². The first-order valence-corrected chi connectivity index (χ1v) is 8.77. The maximum absolute atomic E-state index is 12.2. The molecular weight excluding hydrogens is 350 g/mol. The summed E-state index contributed by atoms with van der Waals surface area (Å²) in [5, 5.41) is 13.2. The number of hydrogen-bond acceptors (Lipinski definition) is 4. The van der Waals surface area contributed by atoms with Gasteiger partial charge in [0.05, 0.1) is 17.8 Å². The quantitative estimate of drug-likeness (QED) is 0.522. The van der Waals surface area contributed by atoms with Gasteiger partial charge in [0.15, 0.2) is 0 Å². The van der Waals surface area contributed by atoms with Gasteiger partial charge in [-0.05, 0) is 42.3 Å². The van der Waals surface area contributed by atoms with Gasteiger partial charge < -0.3 is 4.74 Å². The Bertz CT molecular complexity index is 1050. The summed E-state index contributed by atoms with van der Waals surface area (Å²) in [7, 11) is 0. The lowest BCUT2D eigenvalue weighted by atomic mass is 10.1. The van der Waals surface area contributed by atoms with Crippen LogP contribution in [0.25, 0.3) is 0 Å². The molecule has 0 aliphatic carbocycles. The number of amides is 1. The first kappa shape index (κ1) is 18.9. The van der Waals surface area contributed by atoms with Gasteiger partial charge in [-0.1, -0.05) is 48.5 Å². The smallest absolute Gasteiger partial charge is 0.271 e. The first-order chi connectivity index (χ1) is 13.7. The molecule has 0 bridgehead atoms. The van der Waals surface area contributed by atoms with Crippen molar-refractivity contribution in [2.75, 3.05) is 0 Å². The Balaban J connectivity index is 1.62.